The molecule has 2 aromatic rings. The summed E-state index contributed by atoms with van der Waals surface area (Å²) in [4.78, 5) is 14.9. The predicted molar refractivity (Wildman–Crippen MR) is 105 cm³/mol. The van der Waals surface area contributed by atoms with Crippen LogP contribution < -0.4 is 14.8 Å². The van der Waals surface area contributed by atoms with Gasteiger partial charge in [0.15, 0.2) is 11.5 Å². The zero-order valence-electron chi connectivity index (χ0n) is 16.2. The summed E-state index contributed by atoms with van der Waals surface area (Å²) in [6, 6.07) is 11.9. The molecule has 1 saturated heterocycles. The Kier molecular flexibility index (Phi) is 7.37. The molecule has 1 N–H and O–H groups in total. The van der Waals surface area contributed by atoms with Crippen LogP contribution in [0.3, 0.4) is 0 Å². The van der Waals surface area contributed by atoms with Gasteiger partial charge in [-0.15, -0.1) is 0 Å². The van der Waals surface area contributed by atoms with Crippen LogP contribution in [0.25, 0.3) is 0 Å². The molecule has 1 fully saturated rings. The van der Waals surface area contributed by atoms with E-state index in [1.807, 2.05) is 12.1 Å². The number of carbonyl (C=O) groups excluding carboxylic acids is 1. The smallest absolute Gasteiger partial charge is 0.387 e. The summed E-state index contributed by atoms with van der Waals surface area (Å²) in [6.45, 7) is 1.31. The number of nitrogens with zero attached hydrogens (tertiary/aromatic N) is 1. The van der Waals surface area contributed by atoms with E-state index in [1.54, 1.807) is 18.2 Å². The number of rotatable bonds is 8. The Balaban J connectivity index is 1.63. The van der Waals surface area contributed by atoms with E-state index in [4.69, 9.17) is 9.47 Å². The Bertz CT molecular complexity index is 809. The van der Waals surface area contributed by atoms with Gasteiger partial charge in [-0.2, -0.15) is 8.78 Å². The molecule has 3 rings (SSSR count). The predicted octanol–water partition coefficient (Wildman–Crippen LogP) is 3.42. The van der Waals surface area contributed by atoms with Gasteiger partial charge in [0.05, 0.1) is 25.9 Å². The molecule has 6 nitrogen and oxygen atoms in total. The lowest BCUT2D eigenvalue weighted by Gasteiger charge is -2.26. The normalized spacial score (nSPS) is 14.6. The Morgan fingerprint density at radius 1 is 1.17 bits per heavy atom. The van der Waals surface area contributed by atoms with Crippen LogP contribution in [0, 0.1) is 0 Å². The number of carbonyl (C=O) groups is 1. The van der Waals surface area contributed by atoms with Gasteiger partial charge in [-0.05, 0) is 36.2 Å². The second-order valence-corrected chi connectivity index (χ2v) is 6.57. The molecule has 156 valence electrons. The van der Waals surface area contributed by atoms with Gasteiger partial charge in [0.25, 0.3) is 5.91 Å². The van der Waals surface area contributed by atoms with Crippen LogP contribution in [0.2, 0.25) is 0 Å². The molecule has 0 aromatic heterocycles. The first-order valence-electron chi connectivity index (χ1n) is 9.39. The minimum absolute atomic E-state index is 0.0268. The number of anilines is 1. The fraction of sp³-hybridized carbons (Fsp3) is 0.381. The molecule has 0 unspecified atom stereocenters. The Labute approximate surface area is 168 Å². The average Bonchev–Trinajstić information content (AvgIpc) is 2.73. The second kappa shape index (κ2) is 10.2. The molecule has 0 spiro atoms. The SMILES string of the molecule is COc1cccc(C(=O)Nc2ccc(CCN3CCOCC3)cc2)c1OC(F)F. The van der Waals surface area contributed by atoms with Crippen LogP contribution >= 0.6 is 0 Å². The molecule has 1 aliphatic heterocycles. The molecule has 8 heteroatoms. The Morgan fingerprint density at radius 3 is 2.55 bits per heavy atom. The first kappa shape index (κ1) is 21.0. The molecule has 0 bridgehead atoms. The van der Waals surface area contributed by atoms with Crippen LogP contribution in [0.5, 0.6) is 11.5 Å². The topological polar surface area (TPSA) is 60.0 Å². The molecular weight excluding hydrogens is 382 g/mol. The summed E-state index contributed by atoms with van der Waals surface area (Å²) in [5.41, 5.74) is 1.69. The van der Waals surface area contributed by atoms with Crippen LogP contribution in [0.1, 0.15) is 15.9 Å². The standard InChI is InChI=1S/C21H24F2N2O4/c1-27-18-4-2-3-17(19(18)29-21(22)23)20(26)24-16-7-5-15(6-8-16)9-10-25-11-13-28-14-12-25/h2-8,21H,9-14H2,1H3,(H,24,26). The van der Waals surface area contributed by atoms with Gasteiger partial charge < -0.3 is 19.5 Å². The summed E-state index contributed by atoms with van der Waals surface area (Å²) in [7, 11) is 1.32. The number of methoxy groups -OCH3 is 1. The van der Waals surface area contributed by atoms with E-state index in [0.29, 0.717) is 5.69 Å². The third-order valence-electron chi connectivity index (χ3n) is 4.68. The number of hydrogen-bond acceptors (Lipinski definition) is 5. The van der Waals surface area contributed by atoms with Gasteiger partial charge >= 0.3 is 6.61 Å². The third-order valence-corrected chi connectivity index (χ3v) is 4.68. The van der Waals surface area contributed by atoms with E-state index in [0.717, 1.165) is 44.8 Å². The van der Waals surface area contributed by atoms with Crippen LogP contribution in [-0.2, 0) is 11.2 Å². The van der Waals surface area contributed by atoms with Crippen molar-refractivity contribution in [1.29, 1.82) is 0 Å². The number of para-hydroxylation sites is 1. The maximum atomic E-state index is 12.7. The van der Waals surface area contributed by atoms with Crippen molar-refractivity contribution in [2.24, 2.45) is 0 Å². The molecule has 1 amide bonds. The molecule has 0 radical (unpaired) electrons. The molecule has 0 atom stereocenters. The minimum atomic E-state index is -3.07. The monoisotopic (exact) mass is 406 g/mol. The van der Waals surface area contributed by atoms with E-state index < -0.39 is 12.5 Å². The summed E-state index contributed by atoms with van der Waals surface area (Å²) < 4.78 is 40.4. The van der Waals surface area contributed by atoms with Gasteiger partial charge in [-0.25, -0.2) is 0 Å². The molecular formula is C21H24F2N2O4. The van der Waals surface area contributed by atoms with Crippen molar-refractivity contribution in [2.75, 3.05) is 45.3 Å². The number of amides is 1. The van der Waals surface area contributed by atoms with Crippen LogP contribution in [0.4, 0.5) is 14.5 Å². The van der Waals surface area contributed by atoms with Crippen molar-refractivity contribution in [3.05, 3.63) is 53.6 Å². The number of benzene rings is 2. The van der Waals surface area contributed by atoms with E-state index in [1.165, 1.54) is 19.2 Å². The van der Waals surface area contributed by atoms with Crippen molar-refractivity contribution >= 4 is 11.6 Å². The second-order valence-electron chi connectivity index (χ2n) is 6.57. The lowest BCUT2D eigenvalue weighted by molar-refractivity contribution is -0.0515. The lowest BCUT2D eigenvalue weighted by Crippen LogP contribution is -2.37. The Hall–Kier alpha value is -2.71. The number of morpholine rings is 1. The number of ether oxygens (including phenoxy) is 3. The lowest BCUT2D eigenvalue weighted by atomic mass is 10.1. The van der Waals surface area contributed by atoms with Crippen molar-refractivity contribution in [1.82, 2.24) is 4.90 Å². The zero-order valence-corrected chi connectivity index (χ0v) is 16.2. The first-order valence-corrected chi connectivity index (χ1v) is 9.39. The van der Waals surface area contributed by atoms with Crippen molar-refractivity contribution in [3.63, 3.8) is 0 Å². The van der Waals surface area contributed by atoms with E-state index >= 15 is 0 Å². The van der Waals surface area contributed by atoms with E-state index in [9.17, 15) is 13.6 Å². The highest BCUT2D eigenvalue weighted by Crippen LogP contribution is 2.33. The number of nitrogens with one attached hydrogen (secondary N) is 1. The Morgan fingerprint density at radius 2 is 1.90 bits per heavy atom. The summed E-state index contributed by atoms with van der Waals surface area (Å²) >= 11 is 0. The van der Waals surface area contributed by atoms with Gasteiger partial charge in [0.1, 0.15) is 0 Å². The zero-order chi connectivity index (χ0) is 20.6. The van der Waals surface area contributed by atoms with Gasteiger partial charge in [0.2, 0.25) is 0 Å². The van der Waals surface area contributed by atoms with Crippen molar-refractivity contribution in [3.8, 4) is 11.5 Å². The van der Waals surface area contributed by atoms with E-state index in [-0.39, 0.29) is 17.1 Å². The fourth-order valence-electron chi connectivity index (χ4n) is 3.13. The minimum Gasteiger partial charge on any atom is -0.493 e. The number of alkyl halides is 2. The quantitative estimate of drug-likeness (QED) is 0.728. The molecule has 1 aliphatic rings. The summed E-state index contributed by atoms with van der Waals surface area (Å²) in [6.07, 6.45) is 0.899. The van der Waals surface area contributed by atoms with Gasteiger partial charge in [-0.1, -0.05) is 18.2 Å². The first-order chi connectivity index (χ1) is 14.1. The van der Waals surface area contributed by atoms with Gasteiger partial charge in [-0.3, -0.25) is 9.69 Å². The maximum Gasteiger partial charge on any atom is 0.387 e. The largest absolute Gasteiger partial charge is 0.493 e. The molecule has 29 heavy (non-hydrogen) atoms. The highest BCUT2D eigenvalue weighted by atomic mass is 19.3. The van der Waals surface area contributed by atoms with Crippen LogP contribution in [-0.4, -0.2) is 57.4 Å². The van der Waals surface area contributed by atoms with Crippen LogP contribution in [0.15, 0.2) is 42.5 Å². The number of hydrogen-bond donors (Lipinski definition) is 1. The summed E-state index contributed by atoms with van der Waals surface area (Å²) in [5.74, 6) is -0.776. The number of halogens is 2. The highest BCUT2D eigenvalue weighted by Gasteiger charge is 2.20. The maximum absolute atomic E-state index is 12.7. The van der Waals surface area contributed by atoms with Gasteiger partial charge in [0, 0.05) is 25.3 Å². The highest BCUT2D eigenvalue weighted by molar-refractivity contribution is 6.06. The fourth-order valence-corrected chi connectivity index (χ4v) is 3.13. The third kappa shape index (κ3) is 5.88. The average molecular weight is 406 g/mol. The molecule has 0 aliphatic carbocycles. The van der Waals surface area contributed by atoms with Crippen molar-refractivity contribution < 1.29 is 27.8 Å². The molecule has 1 heterocycles. The van der Waals surface area contributed by atoms with E-state index in [2.05, 4.69) is 15.0 Å². The van der Waals surface area contributed by atoms with Crippen molar-refractivity contribution in [2.45, 2.75) is 13.0 Å². The molecule has 0 saturated carbocycles. The molecule has 2 aromatic carbocycles. The summed E-state index contributed by atoms with van der Waals surface area (Å²) in [5, 5.41) is 2.71.